The maximum absolute atomic E-state index is 14.1. The number of rotatable bonds is 8. The molecule has 1 unspecified atom stereocenters. The van der Waals surface area contributed by atoms with Crippen molar-refractivity contribution in [2.45, 2.75) is 68.0 Å². The van der Waals surface area contributed by atoms with Crippen LogP contribution in [0.15, 0.2) is 64.6 Å². The molecule has 1 saturated heterocycles. The number of hydrogen-bond acceptors (Lipinski definition) is 5. The monoisotopic (exact) mass is 528 g/mol. The molecule has 3 aromatic rings. The van der Waals surface area contributed by atoms with E-state index in [1.54, 1.807) is 12.1 Å². The van der Waals surface area contributed by atoms with E-state index in [4.69, 9.17) is 0 Å². The maximum Gasteiger partial charge on any atom is 0.417 e. The second-order valence-corrected chi connectivity index (χ2v) is 10.6. The Morgan fingerprint density at radius 2 is 1.92 bits per heavy atom. The van der Waals surface area contributed by atoms with Crippen molar-refractivity contribution in [1.82, 2.24) is 15.3 Å². The van der Waals surface area contributed by atoms with Crippen LogP contribution < -0.4 is 10.2 Å². The maximum atomic E-state index is 14.1. The second-order valence-electron chi connectivity index (χ2n) is 9.51. The highest BCUT2D eigenvalue weighted by atomic mass is 32.2. The third kappa shape index (κ3) is 6.63. The van der Waals surface area contributed by atoms with Crippen LogP contribution in [0.1, 0.15) is 57.1 Å². The summed E-state index contributed by atoms with van der Waals surface area (Å²) in [6.45, 7) is 7.32. The quantitative estimate of drug-likeness (QED) is 0.344. The molecule has 0 bridgehead atoms. The van der Waals surface area contributed by atoms with E-state index >= 15 is 0 Å². The molecule has 1 aliphatic heterocycles. The number of halogens is 3. The molecule has 5 nitrogen and oxygen atoms in total. The molecule has 0 saturated carbocycles. The number of anilines is 1. The minimum Gasteiger partial charge on any atom is -0.354 e. The van der Waals surface area contributed by atoms with Crippen LogP contribution in [0.25, 0.3) is 11.3 Å². The molecule has 4 rings (SSSR count). The lowest BCUT2D eigenvalue weighted by Gasteiger charge is -2.19. The summed E-state index contributed by atoms with van der Waals surface area (Å²) in [6.07, 6.45) is -1.06. The molecular weight excluding hydrogens is 497 g/mol. The van der Waals surface area contributed by atoms with Gasteiger partial charge in [-0.05, 0) is 42.5 Å². The molecule has 2 heterocycles. The predicted molar refractivity (Wildman–Crippen MR) is 141 cm³/mol. The zero-order chi connectivity index (χ0) is 26.6. The molecule has 9 heteroatoms. The third-order valence-electron chi connectivity index (χ3n) is 6.35. The SMILES string of the molecule is CCCC(=O)NC1CCN(c2cc(-c3ccc(Sc4ccccc4C(C)C)c(C(F)(F)F)c3)ncn2)C1. The normalized spacial score (nSPS) is 15.9. The van der Waals surface area contributed by atoms with Crippen molar-refractivity contribution in [2.24, 2.45) is 0 Å². The Morgan fingerprint density at radius 3 is 2.65 bits per heavy atom. The first kappa shape index (κ1) is 27.0. The van der Waals surface area contributed by atoms with E-state index < -0.39 is 11.7 Å². The molecule has 0 spiro atoms. The Bertz CT molecular complexity index is 1250. The molecular formula is C28H31F3N4OS. The number of benzene rings is 2. The fraction of sp³-hybridized carbons (Fsp3) is 0.393. The number of aromatic nitrogens is 2. The van der Waals surface area contributed by atoms with Gasteiger partial charge >= 0.3 is 6.18 Å². The molecule has 2 aromatic carbocycles. The highest BCUT2D eigenvalue weighted by Crippen LogP contribution is 2.43. The average Bonchev–Trinajstić information content (AvgIpc) is 3.32. The Balaban J connectivity index is 1.59. The first-order valence-electron chi connectivity index (χ1n) is 12.5. The standard InChI is InChI=1S/C28H31F3N4OS/c1-4-7-27(36)34-20-12-13-35(16-20)26-15-23(32-17-33-26)19-10-11-25(22(14-19)28(29,30)31)37-24-9-6-5-8-21(24)18(2)3/h5-6,8-11,14-15,17-18,20H,4,7,12-13,16H2,1-3H3,(H,34,36). The van der Waals surface area contributed by atoms with Gasteiger partial charge in [0.2, 0.25) is 5.91 Å². The van der Waals surface area contributed by atoms with E-state index in [0.717, 1.165) is 35.1 Å². The van der Waals surface area contributed by atoms with Crippen molar-refractivity contribution >= 4 is 23.5 Å². The number of amides is 1. The van der Waals surface area contributed by atoms with Crippen LogP contribution in [0.5, 0.6) is 0 Å². The number of alkyl halides is 3. The van der Waals surface area contributed by atoms with Crippen molar-refractivity contribution in [3.05, 3.63) is 66.0 Å². The largest absolute Gasteiger partial charge is 0.417 e. The molecule has 1 aromatic heterocycles. The topological polar surface area (TPSA) is 58.1 Å². The molecule has 37 heavy (non-hydrogen) atoms. The summed E-state index contributed by atoms with van der Waals surface area (Å²) in [5.74, 6) is 0.864. The number of nitrogens with one attached hydrogen (secondary N) is 1. The van der Waals surface area contributed by atoms with Crippen molar-refractivity contribution in [3.63, 3.8) is 0 Å². The molecule has 1 aliphatic rings. The van der Waals surface area contributed by atoms with Crippen LogP contribution in [0.4, 0.5) is 19.0 Å². The van der Waals surface area contributed by atoms with Crippen molar-refractivity contribution in [1.29, 1.82) is 0 Å². The summed E-state index contributed by atoms with van der Waals surface area (Å²) < 4.78 is 42.4. The molecule has 1 atom stereocenters. The Morgan fingerprint density at radius 1 is 1.14 bits per heavy atom. The van der Waals surface area contributed by atoms with Crippen LogP contribution in [0, 0.1) is 0 Å². The van der Waals surface area contributed by atoms with Crippen LogP contribution >= 0.6 is 11.8 Å². The smallest absolute Gasteiger partial charge is 0.354 e. The lowest BCUT2D eigenvalue weighted by Crippen LogP contribution is -2.37. The van der Waals surface area contributed by atoms with Crippen molar-refractivity contribution in [3.8, 4) is 11.3 Å². The van der Waals surface area contributed by atoms with Gasteiger partial charge in [0.15, 0.2) is 0 Å². The van der Waals surface area contributed by atoms with Gasteiger partial charge in [0.25, 0.3) is 0 Å². The first-order chi connectivity index (χ1) is 17.7. The molecule has 0 radical (unpaired) electrons. The summed E-state index contributed by atoms with van der Waals surface area (Å²) in [4.78, 5) is 23.5. The van der Waals surface area contributed by atoms with E-state index in [2.05, 4.69) is 15.3 Å². The predicted octanol–water partition coefficient (Wildman–Crippen LogP) is 6.93. The zero-order valence-corrected chi connectivity index (χ0v) is 22.0. The Hall–Kier alpha value is -3.07. The van der Waals surface area contributed by atoms with Crippen LogP contribution in [-0.2, 0) is 11.0 Å². The Labute approximate surface area is 219 Å². The van der Waals surface area contributed by atoms with Crippen LogP contribution in [0.2, 0.25) is 0 Å². The fourth-order valence-electron chi connectivity index (χ4n) is 4.46. The zero-order valence-electron chi connectivity index (χ0n) is 21.2. The third-order valence-corrected chi connectivity index (χ3v) is 7.52. The van der Waals surface area contributed by atoms with E-state index in [-0.39, 0.29) is 22.8 Å². The number of nitrogens with zero attached hydrogens (tertiary/aromatic N) is 3. The molecule has 196 valence electrons. The van der Waals surface area contributed by atoms with E-state index in [1.807, 2.05) is 49.9 Å². The van der Waals surface area contributed by atoms with Gasteiger partial charge in [-0.25, -0.2) is 9.97 Å². The number of carbonyl (C=O) groups excluding carboxylic acids is 1. The van der Waals surface area contributed by atoms with Gasteiger partial charge in [0.05, 0.1) is 11.3 Å². The van der Waals surface area contributed by atoms with Crippen LogP contribution in [-0.4, -0.2) is 35.0 Å². The van der Waals surface area contributed by atoms with Crippen molar-refractivity contribution in [2.75, 3.05) is 18.0 Å². The van der Waals surface area contributed by atoms with E-state index in [1.165, 1.54) is 18.5 Å². The molecule has 1 amide bonds. The minimum atomic E-state index is -4.51. The molecule has 1 N–H and O–H groups in total. The summed E-state index contributed by atoms with van der Waals surface area (Å²) in [6, 6.07) is 13.7. The fourth-order valence-corrected chi connectivity index (χ4v) is 5.69. The van der Waals surface area contributed by atoms with Gasteiger partial charge in [-0.1, -0.05) is 56.8 Å². The molecule has 1 fully saturated rings. The van der Waals surface area contributed by atoms with E-state index in [9.17, 15) is 18.0 Å². The lowest BCUT2D eigenvalue weighted by molar-refractivity contribution is -0.139. The summed E-state index contributed by atoms with van der Waals surface area (Å²) in [7, 11) is 0. The van der Waals surface area contributed by atoms with E-state index in [0.29, 0.717) is 36.6 Å². The second kappa shape index (κ2) is 11.5. The summed E-state index contributed by atoms with van der Waals surface area (Å²) in [5, 5.41) is 3.04. The van der Waals surface area contributed by atoms with Gasteiger partial charge in [-0.15, -0.1) is 0 Å². The van der Waals surface area contributed by atoms with Gasteiger partial charge in [-0.2, -0.15) is 13.2 Å². The summed E-state index contributed by atoms with van der Waals surface area (Å²) in [5.41, 5.74) is 1.13. The summed E-state index contributed by atoms with van der Waals surface area (Å²) >= 11 is 1.14. The lowest BCUT2D eigenvalue weighted by atomic mass is 10.0. The van der Waals surface area contributed by atoms with Gasteiger partial charge in [-0.3, -0.25) is 4.79 Å². The highest BCUT2D eigenvalue weighted by molar-refractivity contribution is 7.99. The molecule has 0 aliphatic carbocycles. The minimum absolute atomic E-state index is 0.0272. The highest BCUT2D eigenvalue weighted by Gasteiger charge is 2.34. The average molecular weight is 529 g/mol. The van der Waals surface area contributed by atoms with Crippen LogP contribution in [0.3, 0.4) is 0 Å². The first-order valence-corrected chi connectivity index (χ1v) is 13.3. The van der Waals surface area contributed by atoms with Crippen molar-refractivity contribution < 1.29 is 18.0 Å². The number of hydrogen-bond donors (Lipinski definition) is 1. The van der Waals surface area contributed by atoms with Gasteiger partial charge < -0.3 is 10.2 Å². The van der Waals surface area contributed by atoms with Gasteiger partial charge in [0.1, 0.15) is 12.1 Å². The van der Waals surface area contributed by atoms with Gasteiger partial charge in [0, 0.05) is 47.0 Å². The number of carbonyl (C=O) groups is 1. The Kier molecular flexibility index (Phi) is 8.42.